The van der Waals surface area contributed by atoms with E-state index in [1.54, 1.807) is 6.92 Å². The molecule has 0 radical (unpaired) electrons. The van der Waals surface area contributed by atoms with E-state index in [4.69, 9.17) is 4.74 Å². The van der Waals surface area contributed by atoms with Crippen LogP contribution in [0, 0.1) is 17.8 Å². The molecule has 0 amide bonds. The summed E-state index contributed by atoms with van der Waals surface area (Å²) in [4.78, 5) is 35.5. The van der Waals surface area contributed by atoms with E-state index in [2.05, 4.69) is 0 Å². The van der Waals surface area contributed by atoms with E-state index in [0.717, 1.165) is 12.8 Å². The standard InChI is InChI=1S/C16H26O5/c1-4-6-11-7-8-12(9-13(11)17)14(15(18)19)16(20)21-10(3)5-2/h10-12,14H,4-9H2,1-3H3,(H,18,19). The summed E-state index contributed by atoms with van der Waals surface area (Å²) < 4.78 is 5.15. The number of esters is 1. The molecule has 0 spiro atoms. The second-order valence-electron chi connectivity index (χ2n) is 5.97. The van der Waals surface area contributed by atoms with E-state index < -0.39 is 23.8 Å². The smallest absolute Gasteiger partial charge is 0.320 e. The van der Waals surface area contributed by atoms with Gasteiger partial charge in [-0.15, -0.1) is 0 Å². The van der Waals surface area contributed by atoms with Crippen LogP contribution in [0.25, 0.3) is 0 Å². The van der Waals surface area contributed by atoms with Crippen molar-refractivity contribution in [1.29, 1.82) is 0 Å². The Balaban J connectivity index is 2.72. The third-order valence-electron chi connectivity index (χ3n) is 4.33. The predicted octanol–water partition coefficient (Wildman–Crippen LogP) is 2.81. The molecule has 1 aliphatic carbocycles. The van der Waals surface area contributed by atoms with E-state index >= 15 is 0 Å². The molecule has 0 heterocycles. The number of hydrogen-bond acceptors (Lipinski definition) is 4. The van der Waals surface area contributed by atoms with Crippen LogP contribution in [0.3, 0.4) is 0 Å². The van der Waals surface area contributed by atoms with Gasteiger partial charge < -0.3 is 9.84 Å². The van der Waals surface area contributed by atoms with Crippen LogP contribution in [0.4, 0.5) is 0 Å². The van der Waals surface area contributed by atoms with Gasteiger partial charge in [-0.1, -0.05) is 20.3 Å². The molecule has 21 heavy (non-hydrogen) atoms. The molecule has 0 aromatic carbocycles. The summed E-state index contributed by atoms with van der Waals surface area (Å²) in [7, 11) is 0. The number of carboxylic acids is 1. The number of ether oxygens (including phenoxy) is 1. The molecule has 5 nitrogen and oxygen atoms in total. The zero-order chi connectivity index (χ0) is 16.0. The first-order valence-electron chi connectivity index (χ1n) is 7.86. The Kier molecular flexibility index (Phi) is 6.85. The number of rotatable bonds is 7. The number of carbonyl (C=O) groups is 3. The van der Waals surface area contributed by atoms with E-state index in [1.165, 1.54) is 0 Å². The average molecular weight is 298 g/mol. The number of aliphatic carboxylic acids is 1. The molecule has 0 saturated heterocycles. The summed E-state index contributed by atoms with van der Waals surface area (Å²) in [5, 5.41) is 9.32. The highest BCUT2D eigenvalue weighted by molar-refractivity contribution is 5.95. The number of hydrogen-bond donors (Lipinski definition) is 1. The minimum Gasteiger partial charge on any atom is -0.481 e. The summed E-state index contributed by atoms with van der Waals surface area (Å²) >= 11 is 0. The topological polar surface area (TPSA) is 80.7 Å². The van der Waals surface area contributed by atoms with E-state index in [9.17, 15) is 19.5 Å². The van der Waals surface area contributed by atoms with Gasteiger partial charge in [0.25, 0.3) is 0 Å². The van der Waals surface area contributed by atoms with Gasteiger partial charge in [0.05, 0.1) is 6.10 Å². The fourth-order valence-corrected chi connectivity index (χ4v) is 2.89. The van der Waals surface area contributed by atoms with Gasteiger partial charge in [-0.2, -0.15) is 0 Å². The zero-order valence-electron chi connectivity index (χ0n) is 13.1. The predicted molar refractivity (Wildman–Crippen MR) is 77.7 cm³/mol. The Labute approximate surface area is 126 Å². The van der Waals surface area contributed by atoms with Gasteiger partial charge in [-0.3, -0.25) is 14.4 Å². The molecule has 1 saturated carbocycles. The Hall–Kier alpha value is -1.39. The molecular formula is C16H26O5. The highest BCUT2D eigenvalue weighted by Gasteiger charge is 2.41. The van der Waals surface area contributed by atoms with Crippen LogP contribution >= 0.6 is 0 Å². The maximum absolute atomic E-state index is 12.1. The van der Waals surface area contributed by atoms with Crippen molar-refractivity contribution in [3.63, 3.8) is 0 Å². The fourth-order valence-electron chi connectivity index (χ4n) is 2.89. The van der Waals surface area contributed by atoms with E-state index in [0.29, 0.717) is 19.3 Å². The zero-order valence-corrected chi connectivity index (χ0v) is 13.1. The Morgan fingerprint density at radius 2 is 2.00 bits per heavy atom. The minimum absolute atomic E-state index is 0.0336. The number of ketones is 1. The first kappa shape index (κ1) is 17.7. The van der Waals surface area contributed by atoms with Crippen molar-refractivity contribution >= 4 is 17.7 Å². The fraction of sp³-hybridized carbons (Fsp3) is 0.812. The lowest BCUT2D eigenvalue weighted by Crippen LogP contribution is -2.38. The molecule has 0 bridgehead atoms. The lowest BCUT2D eigenvalue weighted by Gasteiger charge is -2.30. The Morgan fingerprint density at radius 1 is 1.33 bits per heavy atom. The number of carbonyl (C=O) groups excluding carboxylic acids is 2. The van der Waals surface area contributed by atoms with Gasteiger partial charge in [-0.05, 0) is 38.5 Å². The van der Waals surface area contributed by atoms with Gasteiger partial charge in [0.15, 0.2) is 5.92 Å². The maximum atomic E-state index is 12.1. The molecule has 1 fully saturated rings. The highest BCUT2D eigenvalue weighted by atomic mass is 16.5. The van der Waals surface area contributed by atoms with E-state index in [1.807, 2.05) is 13.8 Å². The summed E-state index contributed by atoms with van der Waals surface area (Å²) in [5.41, 5.74) is 0. The highest BCUT2D eigenvalue weighted by Crippen LogP contribution is 2.34. The number of Topliss-reactive ketones (excluding diaryl/α,β-unsaturated/α-hetero) is 1. The van der Waals surface area contributed by atoms with Crippen molar-refractivity contribution in [2.75, 3.05) is 0 Å². The summed E-state index contributed by atoms with van der Waals surface area (Å²) in [6.45, 7) is 5.64. The molecule has 5 heteroatoms. The molecular weight excluding hydrogens is 272 g/mol. The van der Waals surface area contributed by atoms with Gasteiger partial charge in [0, 0.05) is 12.3 Å². The number of carboxylic acid groups (broad SMARTS) is 1. The molecule has 0 aromatic rings. The van der Waals surface area contributed by atoms with Gasteiger partial charge >= 0.3 is 11.9 Å². The third-order valence-corrected chi connectivity index (χ3v) is 4.33. The lowest BCUT2D eigenvalue weighted by molar-refractivity contribution is -0.165. The molecule has 120 valence electrons. The van der Waals surface area contributed by atoms with Crippen LogP contribution in [-0.4, -0.2) is 28.9 Å². The molecule has 0 aliphatic heterocycles. The van der Waals surface area contributed by atoms with Crippen molar-refractivity contribution in [1.82, 2.24) is 0 Å². The SMILES string of the molecule is CCCC1CCC(C(C(=O)O)C(=O)OC(C)CC)CC1=O. The Morgan fingerprint density at radius 3 is 2.48 bits per heavy atom. The quantitative estimate of drug-likeness (QED) is 0.577. The largest absolute Gasteiger partial charge is 0.481 e. The molecule has 0 aromatic heterocycles. The van der Waals surface area contributed by atoms with Crippen LogP contribution in [-0.2, 0) is 19.1 Å². The van der Waals surface area contributed by atoms with Gasteiger partial charge in [0.1, 0.15) is 5.78 Å². The van der Waals surface area contributed by atoms with Crippen molar-refractivity contribution in [2.24, 2.45) is 17.8 Å². The summed E-state index contributed by atoms with van der Waals surface area (Å²) in [6.07, 6.45) is 3.59. The molecule has 1 N–H and O–H groups in total. The van der Waals surface area contributed by atoms with Crippen molar-refractivity contribution in [2.45, 2.75) is 65.4 Å². The second-order valence-corrected chi connectivity index (χ2v) is 5.97. The Bertz CT molecular complexity index is 390. The maximum Gasteiger partial charge on any atom is 0.320 e. The van der Waals surface area contributed by atoms with Crippen LogP contribution < -0.4 is 0 Å². The molecule has 1 rings (SSSR count). The van der Waals surface area contributed by atoms with Crippen molar-refractivity contribution < 1.29 is 24.2 Å². The minimum atomic E-state index is -1.22. The second kappa shape index (κ2) is 8.15. The van der Waals surface area contributed by atoms with Crippen LogP contribution in [0.1, 0.15) is 59.3 Å². The van der Waals surface area contributed by atoms with Crippen LogP contribution in [0.5, 0.6) is 0 Å². The third kappa shape index (κ3) is 4.83. The summed E-state index contributed by atoms with van der Waals surface area (Å²) in [5.74, 6) is -3.41. The van der Waals surface area contributed by atoms with Crippen LogP contribution in [0.2, 0.25) is 0 Å². The molecule has 4 unspecified atom stereocenters. The average Bonchev–Trinajstić information content (AvgIpc) is 2.41. The van der Waals surface area contributed by atoms with E-state index in [-0.39, 0.29) is 24.2 Å². The first-order chi connectivity index (χ1) is 9.90. The molecule has 1 aliphatic rings. The van der Waals surface area contributed by atoms with Crippen molar-refractivity contribution in [3.8, 4) is 0 Å². The van der Waals surface area contributed by atoms with Crippen LogP contribution in [0.15, 0.2) is 0 Å². The first-order valence-corrected chi connectivity index (χ1v) is 7.86. The monoisotopic (exact) mass is 298 g/mol. The lowest BCUT2D eigenvalue weighted by atomic mass is 9.74. The molecule has 4 atom stereocenters. The van der Waals surface area contributed by atoms with Gasteiger partial charge in [0.2, 0.25) is 0 Å². The van der Waals surface area contributed by atoms with Gasteiger partial charge in [-0.25, -0.2) is 0 Å². The normalized spacial score (nSPS) is 25.2. The summed E-state index contributed by atoms with van der Waals surface area (Å²) in [6, 6.07) is 0. The van der Waals surface area contributed by atoms with Crippen molar-refractivity contribution in [3.05, 3.63) is 0 Å².